The third-order valence-corrected chi connectivity index (χ3v) is 4.08. The van der Waals surface area contributed by atoms with Crippen LogP contribution in [-0.2, 0) is 11.2 Å². The minimum Gasteiger partial charge on any atom is -0.389 e. The molecule has 0 saturated heterocycles. The normalized spacial score (nSPS) is 10.8. The molecule has 6 heteroatoms. The van der Waals surface area contributed by atoms with Crippen molar-refractivity contribution in [1.82, 2.24) is 4.98 Å². The van der Waals surface area contributed by atoms with Gasteiger partial charge in [0, 0.05) is 4.88 Å². The van der Waals surface area contributed by atoms with E-state index in [0.717, 1.165) is 10.6 Å². The van der Waals surface area contributed by atoms with Gasteiger partial charge in [0.05, 0.1) is 12.1 Å². The molecule has 2 rings (SSSR count). The first-order chi connectivity index (χ1) is 8.56. The van der Waals surface area contributed by atoms with Gasteiger partial charge in [0.1, 0.15) is 5.00 Å². The van der Waals surface area contributed by atoms with Gasteiger partial charge in [-0.1, -0.05) is 31.3 Å². The van der Waals surface area contributed by atoms with E-state index in [1.807, 2.05) is 31.4 Å². The highest BCUT2D eigenvalue weighted by Crippen LogP contribution is 2.30. The summed E-state index contributed by atoms with van der Waals surface area (Å²) in [5.41, 5.74) is 6.71. The maximum atomic E-state index is 11.8. The standard InChI is InChI=1S/C12H15N3OS2/c1-7(2)10-11(13)18-12(15-10)14-9(16)6-8-4-3-5-17-8/h3-5,7H,6,13H2,1-2H3,(H,14,15,16). The second-order valence-corrected chi connectivity index (χ2v) is 6.29. The van der Waals surface area contributed by atoms with E-state index in [9.17, 15) is 4.79 Å². The highest BCUT2D eigenvalue weighted by Gasteiger charge is 2.13. The van der Waals surface area contributed by atoms with Gasteiger partial charge < -0.3 is 11.1 Å². The Morgan fingerprint density at radius 3 is 2.89 bits per heavy atom. The second kappa shape index (κ2) is 5.49. The van der Waals surface area contributed by atoms with Crippen LogP contribution in [0.2, 0.25) is 0 Å². The third-order valence-electron chi connectivity index (χ3n) is 2.39. The zero-order valence-corrected chi connectivity index (χ0v) is 11.9. The molecule has 0 bridgehead atoms. The quantitative estimate of drug-likeness (QED) is 0.905. The second-order valence-electron chi connectivity index (χ2n) is 4.23. The van der Waals surface area contributed by atoms with Crippen molar-refractivity contribution in [3.63, 3.8) is 0 Å². The monoisotopic (exact) mass is 281 g/mol. The Balaban J connectivity index is 2.01. The van der Waals surface area contributed by atoms with Crippen LogP contribution in [0.25, 0.3) is 0 Å². The van der Waals surface area contributed by atoms with E-state index >= 15 is 0 Å². The Morgan fingerprint density at radius 2 is 2.33 bits per heavy atom. The SMILES string of the molecule is CC(C)c1nc(NC(=O)Cc2cccs2)sc1N. The molecule has 0 aliphatic carbocycles. The first-order valence-electron chi connectivity index (χ1n) is 5.64. The van der Waals surface area contributed by atoms with Gasteiger partial charge in [-0.05, 0) is 17.4 Å². The maximum Gasteiger partial charge on any atom is 0.231 e. The van der Waals surface area contributed by atoms with Crippen LogP contribution < -0.4 is 11.1 Å². The summed E-state index contributed by atoms with van der Waals surface area (Å²) >= 11 is 2.89. The van der Waals surface area contributed by atoms with Gasteiger partial charge in [0.15, 0.2) is 5.13 Å². The molecular formula is C12H15N3OS2. The number of nitrogens with zero attached hydrogens (tertiary/aromatic N) is 1. The largest absolute Gasteiger partial charge is 0.389 e. The summed E-state index contributed by atoms with van der Waals surface area (Å²) in [6.45, 7) is 4.06. The van der Waals surface area contributed by atoms with Crippen molar-refractivity contribution < 1.29 is 4.79 Å². The van der Waals surface area contributed by atoms with Crippen molar-refractivity contribution in [3.8, 4) is 0 Å². The predicted octanol–water partition coefficient (Wildman–Crippen LogP) is 3.09. The minimum absolute atomic E-state index is 0.0542. The number of rotatable bonds is 4. The summed E-state index contributed by atoms with van der Waals surface area (Å²) in [6.07, 6.45) is 0.383. The zero-order chi connectivity index (χ0) is 13.1. The third kappa shape index (κ3) is 3.08. The van der Waals surface area contributed by atoms with Crippen molar-refractivity contribution in [2.75, 3.05) is 11.1 Å². The van der Waals surface area contributed by atoms with Gasteiger partial charge in [-0.2, -0.15) is 0 Å². The number of carbonyl (C=O) groups is 1. The van der Waals surface area contributed by atoms with E-state index in [0.29, 0.717) is 16.6 Å². The van der Waals surface area contributed by atoms with Gasteiger partial charge in [0.25, 0.3) is 0 Å². The number of thiazole rings is 1. The highest BCUT2D eigenvalue weighted by molar-refractivity contribution is 7.19. The molecule has 4 nitrogen and oxygen atoms in total. The molecule has 0 unspecified atom stereocenters. The molecule has 3 N–H and O–H groups in total. The maximum absolute atomic E-state index is 11.8. The van der Waals surface area contributed by atoms with Crippen LogP contribution in [-0.4, -0.2) is 10.9 Å². The summed E-state index contributed by atoms with van der Waals surface area (Å²) in [5, 5.41) is 6.01. The molecule has 0 atom stereocenters. The van der Waals surface area contributed by atoms with E-state index in [1.165, 1.54) is 11.3 Å². The van der Waals surface area contributed by atoms with Crippen molar-refractivity contribution in [3.05, 3.63) is 28.1 Å². The van der Waals surface area contributed by atoms with Crippen LogP contribution in [0.5, 0.6) is 0 Å². The molecule has 0 fully saturated rings. The number of carbonyl (C=O) groups excluding carboxylic acids is 1. The number of nitrogens with one attached hydrogen (secondary N) is 1. The zero-order valence-electron chi connectivity index (χ0n) is 10.3. The summed E-state index contributed by atoms with van der Waals surface area (Å²) in [5.74, 6) is 0.214. The van der Waals surface area contributed by atoms with E-state index < -0.39 is 0 Å². The van der Waals surface area contributed by atoms with E-state index in [2.05, 4.69) is 10.3 Å². The Morgan fingerprint density at radius 1 is 1.56 bits per heavy atom. The van der Waals surface area contributed by atoms with Crippen LogP contribution in [0.1, 0.15) is 30.3 Å². The summed E-state index contributed by atoms with van der Waals surface area (Å²) in [7, 11) is 0. The lowest BCUT2D eigenvalue weighted by molar-refractivity contribution is -0.115. The first kappa shape index (κ1) is 13.0. The number of hydrogen-bond donors (Lipinski definition) is 2. The van der Waals surface area contributed by atoms with E-state index in [1.54, 1.807) is 11.3 Å². The Kier molecular flexibility index (Phi) is 3.98. The lowest BCUT2D eigenvalue weighted by atomic mass is 10.1. The highest BCUT2D eigenvalue weighted by atomic mass is 32.1. The topological polar surface area (TPSA) is 68.0 Å². The molecule has 0 saturated carbocycles. The lowest BCUT2D eigenvalue weighted by Gasteiger charge is -2.00. The van der Waals surface area contributed by atoms with Gasteiger partial charge in [-0.15, -0.1) is 11.3 Å². The van der Waals surface area contributed by atoms with Gasteiger partial charge >= 0.3 is 0 Å². The number of thiophene rings is 1. The fourth-order valence-corrected chi connectivity index (χ4v) is 3.15. The molecule has 1 amide bonds. The molecule has 96 valence electrons. The van der Waals surface area contributed by atoms with E-state index in [-0.39, 0.29) is 11.8 Å². The van der Waals surface area contributed by atoms with Crippen LogP contribution in [0.15, 0.2) is 17.5 Å². The first-order valence-corrected chi connectivity index (χ1v) is 7.34. The van der Waals surface area contributed by atoms with E-state index in [4.69, 9.17) is 5.73 Å². The Labute approximate surface area is 114 Å². The molecular weight excluding hydrogens is 266 g/mol. The lowest BCUT2D eigenvalue weighted by Crippen LogP contribution is -2.13. The number of anilines is 2. The molecule has 2 aromatic rings. The molecule has 0 aliphatic heterocycles. The van der Waals surface area contributed by atoms with Crippen molar-refractivity contribution in [2.45, 2.75) is 26.2 Å². The Bertz CT molecular complexity index is 532. The molecule has 0 radical (unpaired) electrons. The summed E-state index contributed by atoms with van der Waals surface area (Å²) < 4.78 is 0. The van der Waals surface area contributed by atoms with Crippen LogP contribution in [0.4, 0.5) is 10.1 Å². The van der Waals surface area contributed by atoms with Crippen LogP contribution in [0.3, 0.4) is 0 Å². The van der Waals surface area contributed by atoms with Crippen LogP contribution >= 0.6 is 22.7 Å². The van der Waals surface area contributed by atoms with Gasteiger partial charge in [0.2, 0.25) is 5.91 Å². The average Bonchev–Trinajstić information content (AvgIpc) is 2.88. The molecule has 0 aromatic carbocycles. The number of nitrogen functional groups attached to an aromatic ring is 1. The fourth-order valence-electron chi connectivity index (χ4n) is 1.55. The molecule has 2 heterocycles. The van der Waals surface area contributed by atoms with Crippen LogP contribution in [0, 0.1) is 0 Å². The molecule has 2 aromatic heterocycles. The number of amides is 1. The Hall–Kier alpha value is -1.40. The molecule has 0 aliphatic rings. The summed E-state index contributed by atoms with van der Waals surface area (Å²) in [4.78, 5) is 17.2. The number of nitrogens with two attached hydrogens (primary N) is 1. The number of hydrogen-bond acceptors (Lipinski definition) is 5. The van der Waals surface area contributed by atoms with Gasteiger partial charge in [-0.25, -0.2) is 4.98 Å². The van der Waals surface area contributed by atoms with Crippen molar-refractivity contribution >= 4 is 38.7 Å². The minimum atomic E-state index is -0.0542. The molecule has 18 heavy (non-hydrogen) atoms. The fraction of sp³-hybridized carbons (Fsp3) is 0.333. The van der Waals surface area contributed by atoms with Crippen molar-refractivity contribution in [2.24, 2.45) is 0 Å². The number of aromatic nitrogens is 1. The smallest absolute Gasteiger partial charge is 0.231 e. The van der Waals surface area contributed by atoms with Crippen molar-refractivity contribution in [1.29, 1.82) is 0 Å². The van der Waals surface area contributed by atoms with Gasteiger partial charge in [-0.3, -0.25) is 4.79 Å². The predicted molar refractivity (Wildman–Crippen MR) is 77.3 cm³/mol. The molecule has 0 spiro atoms. The summed E-state index contributed by atoms with van der Waals surface area (Å²) in [6, 6.07) is 3.88. The average molecular weight is 281 g/mol.